The van der Waals surface area contributed by atoms with Crippen molar-refractivity contribution in [2.24, 2.45) is 0 Å². The van der Waals surface area contributed by atoms with Crippen LogP contribution in [0.4, 0.5) is 10.1 Å². The van der Waals surface area contributed by atoms with Gasteiger partial charge in [0.05, 0.1) is 0 Å². The second-order valence-corrected chi connectivity index (χ2v) is 5.24. The fraction of sp³-hybridized carbons (Fsp3) is 0.188. The molecule has 21 heavy (non-hydrogen) atoms. The first-order valence-electron chi connectivity index (χ1n) is 6.47. The van der Waals surface area contributed by atoms with Crippen molar-refractivity contribution in [2.75, 3.05) is 19.4 Å². The second-order valence-electron chi connectivity index (χ2n) is 4.83. The zero-order chi connectivity index (χ0) is 15.4. The van der Waals surface area contributed by atoms with E-state index in [0.717, 1.165) is 5.69 Å². The maximum absolute atomic E-state index is 13.6. The molecule has 3 nitrogen and oxygen atoms in total. The molecule has 0 atom stereocenters. The number of halogens is 2. The van der Waals surface area contributed by atoms with Gasteiger partial charge in [-0.05, 0) is 36.4 Å². The minimum atomic E-state index is -0.339. The van der Waals surface area contributed by atoms with Crippen molar-refractivity contribution in [1.29, 1.82) is 0 Å². The Morgan fingerprint density at radius 1 is 1.19 bits per heavy atom. The maximum atomic E-state index is 13.6. The van der Waals surface area contributed by atoms with Crippen molar-refractivity contribution in [3.05, 3.63) is 64.4 Å². The summed E-state index contributed by atoms with van der Waals surface area (Å²) in [6, 6.07) is 11.6. The van der Waals surface area contributed by atoms with E-state index in [9.17, 15) is 9.18 Å². The normalized spacial score (nSPS) is 10.3. The van der Waals surface area contributed by atoms with E-state index < -0.39 is 0 Å². The van der Waals surface area contributed by atoms with Crippen molar-refractivity contribution in [3.63, 3.8) is 0 Å². The predicted molar refractivity (Wildman–Crippen MR) is 83.2 cm³/mol. The molecule has 2 aromatic carbocycles. The molecule has 0 fully saturated rings. The molecule has 0 radical (unpaired) electrons. The quantitative estimate of drug-likeness (QED) is 0.932. The Balaban J connectivity index is 2.06. The molecule has 1 N–H and O–H groups in total. The standard InChI is InChI=1S/C16H16ClFN2O/c1-20(2)16(21)11-6-8-12(9-7-11)19-10-13-14(17)4-3-5-15(13)18/h3-9,19H,10H2,1-2H3. The Kier molecular flexibility index (Phi) is 4.81. The Labute approximate surface area is 128 Å². The number of carbonyl (C=O) groups excluding carboxylic acids is 1. The lowest BCUT2D eigenvalue weighted by Gasteiger charge is -2.12. The highest BCUT2D eigenvalue weighted by molar-refractivity contribution is 6.31. The van der Waals surface area contributed by atoms with E-state index >= 15 is 0 Å². The molecule has 5 heteroatoms. The molecule has 0 saturated carbocycles. The molecule has 0 saturated heterocycles. The van der Waals surface area contributed by atoms with Crippen LogP contribution in [0.2, 0.25) is 5.02 Å². The van der Waals surface area contributed by atoms with Crippen molar-refractivity contribution in [2.45, 2.75) is 6.54 Å². The van der Waals surface area contributed by atoms with Gasteiger partial charge in [0.15, 0.2) is 0 Å². The van der Waals surface area contributed by atoms with Crippen molar-refractivity contribution in [3.8, 4) is 0 Å². The smallest absolute Gasteiger partial charge is 0.253 e. The molecular weight excluding hydrogens is 291 g/mol. The first-order chi connectivity index (χ1) is 9.99. The summed E-state index contributed by atoms with van der Waals surface area (Å²) in [4.78, 5) is 13.3. The zero-order valence-electron chi connectivity index (χ0n) is 11.9. The van der Waals surface area contributed by atoms with Gasteiger partial charge in [-0.25, -0.2) is 4.39 Å². The number of hydrogen-bond acceptors (Lipinski definition) is 2. The van der Waals surface area contributed by atoms with Crippen molar-refractivity contribution < 1.29 is 9.18 Å². The fourth-order valence-corrected chi connectivity index (χ4v) is 2.11. The first kappa shape index (κ1) is 15.3. The molecule has 0 spiro atoms. The number of amides is 1. The van der Waals surface area contributed by atoms with E-state index in [1.807, 2.05) is 0 Å². The summed E-state index contributed by atoms with van der Waals surface area (Å²) in [7, 11) is 3.41. The third kappa shape index (κ3) is 3.73. The number of rotatable bonds is 4. The predicted octanol–water partition coefficient (Wildman–Crippen LogP) is 3.79. The van der Waals surface area contributed by atoms with Gasteiger partial charge in [-0.1, -0.05) is 17.7 Å². The summed E-state index contributed by atoms with van der Waals surface area (Å²) >= 11 is 5.97. The minimum Gasteiger partial charge on any atom is -0.381 e. The Morgan fingerprint density at radius 3 is 2.43 bits per heavy atom. The summed E-state index contributed by atoms with van der Waals surface area (Å²) < 4.78 is 13.6. The van der Waals surface area contributed by atoms with Crippen LogP contribution >= 0.6 is 11.6 Å². The molecule has 0 aromatic heterocycles. The topological polar surface area (TPSA) is 32.3 Å². The van der Waals surface area contributed by atoms with E-state index in [2.05, 4.69) is 5.32 Å². The third-order valence-electron chi connectivity index (χ3n) is 3.07. The highest BCUT2D eigenvalue weighted by atomic mass is 35.5. The highest BCUT2D eigenvalue weighted by Crippen LogP contribution is 2.20. The lowest BCUT2D eigenvalue weighted by atomic mass is 10.1. The van der Waals surface area contributed by atoms with Crippen LogP contribution in [0.3, 0.4) is 0 Å². The molecule has 0 heterocycles. The fourth-order valence-electron chi connectivity index (χ4n) is 1.88. The molecule has 2 aromatic rings. The summed E-state index contributed by atoms with van der Waals surface area (Å²) in [5.74, 6) is -0.395. The van der Waals surface area contributed by atoms with E-state index in [1.54, 1.807) is 50.5 Å². The van der Waals surface area contributed by atoms with E-state index in [0.29, 0.717) is 16.1 Å². The Hall–Kier alpha value is -2.07. The van der Waals surface area contributed by atoms with Gasteiger partial charge in [0.2, 0.25) is 0 Å². The Morgan fingerprint density at radius 2 is 1.86 bits per heavy atom. The second kappa shape index (κ2) is 6.59. The van der Waals surface area contributed by atoms with Crippen molar-refractivity contribution >= 4 is 23.2 Å². The van der Waals surface area contributed by atoms with Gasteiger partial charge < -0.3 is 10.2 Å². The average molecular weight is 307 g/mol. The van der Waals surface area contributed by atoms with Crippen molar-refractivity contribution in [1.82, 2.24) is 4.90 Å². The molecule has 0 aliphatic heterocycles. The SMILES string of the molecule is CN(C)C(=O)c1ccc(NCc2c(F)cccc2Cl)cc1. The molecular formula is C16H16ClFN2O. The molecule has 0 aliphatic rings. The molecule has 110 valence electrons. The summed E-state index contributed by atoms with van der Waals surface area (Å²) in [5.41, 5.74) is 1.83. The zero-order valence-corrected chi connectivity index (χ0v) is 12.6. The highest BCUT2D eigenvalue weighted by Gasteiger charge is 2.08. The molecule has 0 bridgehead atoms. The lowest BCUT2D eigenvalue weighted by Crippen LogP contribution is -2.21. The van der Waals surface area contributed by atoms with Crippen LogP contribution < -0.4 is 5.32 Å². The van der Waals surface area contributed by atoms with Crippen LogP contribution in [0, 0.1) is 5.82 Å². The van der Waals surface area contributed by atoms with Crippen LogP contribution in [-0.2, 0) is 6.54 Å². The van der Waals surface area contributed by atoms with Crippen LogP contribution in [-0.4, -0.2) is 24.9 Å². The molecule has 0 aliphatic carbocycles. The largest absolute Gasteiger partial charge is 0.381 e. The van der Waals surface area contributed by atoms with Crippen LogP contribution in [0.5, 0.6) is 0 Å². The monoisotopic (exact) mass is 306 g/mol. The number of anilines is 1. The van der Waals surface area contributed by atoms with Gasteiger partial charge in [-0.2, -0.15) is 0 Å². The molecule has 1 amide bonds. The number of benzene rings is 2. The molecule has 0 unspecified atom stereocenters. The van der Waals surface area contributed by atoms with Gasteiger partial charge in [0.1, 0.15) is 5.82 Å². The first-order valence-corrected chi connectivity index (χ1v) is 6.85. The Bertz CT molecular complexity index is 621. The molecule has 2 rings (SSSR count). The van der Waals surface area contributed by atoms with Gasteiger partial charge in [0, 0.05) is 42.5 Å². The van der Waals surface area contributed by atoms with Crippen LogP contribution in [0.15, 0.2) is 42.5 Å². The number of hydrogen-bond donors (Lipinski definition) is 1. The van der Waals surface area contributed by atoms with E-state index in [-0.39, 0.29) is 18.3 Å². The lowest BCUT2D eigenvalue weighted by molar-refractivity contribution is 0.0827. The van der Waals surface area contributed by atoms with Gasteiger partial charge in [-0.15, -0.1) is 0 Å². The van der Waals surface area contributed by atoms with Gasteiger partial charge in [0.25, 0.3) is 5.91 Å². The van der Waals surface area contributed by atoms with E-state index in [4.69, 9.17) is 11.6 Å². The number of nitrogens with one attached hydrogen (secondary N) is 1. The summed E-state index contributed by atoms with van der Waals surface area (Å²) in [5, 5.41) is 3.48. The maximum Gasteiger partial charge on any atom is 0.253 e. The van der Waals surface area contributed by atoms with Crippen LogP contribution in [0.25, 0.3) is 0 Å². The number of nitrogens with zero attached hydrogens (tertiary/aromatic N) is 1. The minimum absolute atomic E-state index is 0.0568. The summed E-state index contributed by atoms with van der Waals surface area (Å²) in [6.07, 6.45) is 0. The van der Waals surface area contributed by atoms with Crippen LogP contribution in [0.1, 0.15) is 15.9 Å². The third-order valence-corrected chi connectivity index (χ3v) is 3.42. The van der Waals surface area contributed by atoms with Gasteiger partial charge in [-0.3, -0.25) is 4.79 Å². The van der Waals surface area contributed by atoms with Gasteiger partial charge >= 0.3 is 0 Å². The average Bonchev–Trinajstić information content (AvgIpc) is 2.46. The van der Waals surface area contributed by atoms with E-state index in [1.165, 1.54) is 11.0 Å². The number of carbonyl (C=O) groups is 1. The summed E-state index contributed by atoms with van der Waals surface area (Å²) in [6.45, 7) is 0.284.